The summed E-state index contributed by atoms with van der Waals surface area (Å²) in [5.74, 6) is 0. The summed E-state index contributed by atoms with van der Waals surface area (Å²) in [4.78, 5) is 0. The van der Waals surface area contributed by atoms with Crippen LogP contribution in [-0.4, -0.2) is 0 Å². The third-order valence-corrected chi connectivity index (χ3v) is 10.0. The first kappa shape index (κ1) is 28.3. The van der Waals surface area contributed by atoms with Gasteiger partial charge < -0.3 is 0 Å². The van der Waals surface area contributed by atoms with E-state index in [2.05, 4.69) is 146 Å². The minimum Gasteiger partial charge on any atom is -0.111 e. The summed E-state index contributed by atoms with van der Waals surface area (Å²) >= 11 is 0. The van der Waals surface area contributed by atoms with Gasteiger partial charge in [0.2, 0.25) is 0 Å². The topological polar surface area (TPSA) is 0 Å². The molecule has 0 aromatic heterocycles. The smallest absolute Gasteiger partial charge is 0.0359 e. The van der Waals surface area contributed by atoms with Crippen molar-refractivity contribution in [3.8, 4) is 0 Å². The maximum atomic E-state index is 3.90. The molecule has 0 nitrogen and oxygen atoms in total. The second-order valence-electron chi connectivity index (χ2n) is 13.7. The van der Waals surface area contributed by atoms with Crippen LogP contribution >= 0.6 is 0 Å². The average molecular weight is 609 g/mol. The van der Waals surface area contributed by atoms with Crippen molar-refractivity contribution in [2.45, 2.75) is 53.4 Å². The maximum absolute atomic E-state index is 3.90. The van der Waals surface area contributed by atoms with Gasteiger partial charge in [-0.15, -0.1) is 45.8 Å². The van der Waals surface area contributed by atoms with Gasteiger partial charge in [0.05, 0.1) is 0 Å². The molecular weight excluding hydrogens is 576 g/mol. The molecule has 8 bridgehead atoms. The lowest BCUT2D eigenvalue weighted by Gasteiger charge is -2.12. The zero-order chi connectivity index (χ0) is 32.5. The van der Waals surface area contributed by atoms with Crippen LogP contribution < -0.4 is 0 Å². The Bertz CT molecular complexity index is 2420. The minimum atomic E-state index is 0.708. The van der Waals surface area contributed by atoms with Crippen LogP contribution in [-0.2, 0) is 0 Å². The summed E-state index contributed by atoms with van der Waals surface area (Å²) in [5.41, 5.74) is 53.7. The Morgan fingerprint density at radius 2 is 0.542 bits per heavy atom. The summed E-state index contributed by atoms with van der Waals surface area (Å²) in [5, 5.41) is 0. The molecule has 9 rings (SSSR count). The molecule has 0 aliphatic heterocycles. The monoisotopic (exact) mass is 608 g/mol. The molecule has 224 valence electrons. The Morgan fingerprint density at radius 3 is 0.812 bits per heavy atom. The number of hydrogen-bond donors (Lipinski definition) is 0. The largest absolute Gasteiger partial charge is 0.111 e. The molecule has 0 aromatic carbocycles. The standard InChI is InChI=1S/C48H32/c1-29-5-13-41-33-21-34(42(41)14-6-29)26-36-23-38(46-18-10-31(3)8-16-44(36)46)28-40-24-39(47-19-11-32(4)12-20-48(40)47)27-37-22-35(25-33)43-15-7-30(2)9-17-45(37)43/h5-13,15-16,19H,25-28H2,1-4H3/i25+0,26+0,27+0,28+0. The number of rotatable bonds is 0. The molecule has 0 amide bonds. The molecule has 9 aliphatic carbocycles. The Balaban J connectivity index is 1.30. The average Bonchev–Trinajstić information content (AvgIpc) is 3.53. The normalized spacial score (nSPS) is 22.6. The summed E-state index contributed by atoms with van der Waals surface area (Å²) in [7, 11) is 0. The quantitative estimate of drug-likeness (QED) is 0.240. The van der Waals surface area contributed by atoms with Gasteiger partial charge in [-0.2, -0.15) is 0 Å². The molecule has 9 aliphatic rings. The summed E-state index contributed by atoms with van der Waals surface area (Å²) in [6, 6.07) is 0. The van der Waals surface area contributed by atoms with Gasteiger partial charge in [-0.1, -0.05) is 48.6 Å². The lowest BCUT2D eigenvalue weighted by molar-refractivity contribution is 1.15. The lowest BCUT2D eigenvalue weighted by Crippen LogP contribution is -1.97. The second-order valence-corrected chi connectivity index (χ2v) is 13.7. The van der Waals surface area contributed by atoms with Crippen LogP contribution in [0.2, 0.25) is 0 Å². The predicted octanol–water partition coefficient (Wildman–Crippen LogP) is 11.3. The number of allylic oxidation sites excluding steroid dienone is 24. The molecule has 0 radical (unpaired) electrons. The number of fused-ring (bicyclic) bond motifs is 12. The van der Waals surface area contributed by atoms with Crippen LogP contribution in [0.25, 0.3) is 0 Å². The molecule has 0 heterocycles. The van der Waals surface area contributed by atoms with Crippen molar-refractivity contribution in [2.24, 2.45) is 0 Å². The van der Waals surface area contributed by atoms with Gasteiger partial charge in [-0.25, -0.2) is 0 Å². The fourth-order valence-corrected chi connectivity index (χ4v) is 7.49. The van der Waals surface area contributed by atoms with E-state index in [-0.39, 0.29) is 0 Å². The van der Waals surface area contributed by atoms with E-state index in [0.29, 0.717) is 6.42 Å². The molecule has 0 heteroatoms. The zero-order valence-electron chi connectivity index (χ0n) is 27.8. The van der Waals surface area contributed by atoms with Gasteiger partial charge in [-0.05, 0) is 74.3 Å². The van der Waals surface area contributed by atoms with Crippen molar-refractivity contribution in [2.75, 3.05) is 0 Å². The van der Waals surface area contributed by atoms with E-state index >= 15 is 0 Å². The fourth-order valence-electron chi connectivity index (χ4n) is 7.49. The Hall–Kier alpha value is -5.92. The molecule has 0 N–H and O–H groups in total. The van der Waals surface area contributed by atoms with Gasteiger partial charge in [0.25, 0.3) is 0 Å². The first-order chi connectivity index (χ1) is 23.4. The molecule has 0 spiro atoms. The van der Waals surface area contributed by atoms with Crippen molar-refractivity contribution in [3.05, 3.63) is 230 Å². The van der Waals surface area contributed by atoms with Crippen LogP contribution in [0.4, 0.5) is 0 Å². The van der Waals surface area contributed by atoms with E-state index < -0.39 is 0 Å². The Labute approximate surface area is 282 Å². The third-order valence-electron chi connectivity index (χ3n) is 10.0. The van der Waals surface area contributed by atoms with Crippen molar-refractivity contribution in [1.29, 1.82) is 0 Å². The molecule has 0 fully saturated rings. The van der Waals surface area contributed by atoms with E-state index in [4.69, 9.17) is 0 Å². The Morgan fingerprint density at radius 1 is 0.312 bits per heavy atom. The van der Waals surface area contributed by atoms with Crippen LogP contribution in [0.5, 0.6) is 0 Å². The molecule has 48 heavy (non-hydrogen) atoms. The minimum absolute atomic E-state index is 0.708. The highest BCUT2D eigenvalue weighted by Gasteiger charge is 2.32. The first-order valence-corrected chi connectivity index (χ1v) is 16.8. The van der Waals surface area contributed by atoms with Gasteiger partial charge in [0.1, 0.15) is 0 Å². The van der Waals surface area contributed by atoms with Crippen LogP contribution in [0.15, 0.2) is 230 Å². The van der Waals surface area contributed by atoms with Crippen molar-refractivity contribution in [3.63, 3.8) is 0 Å². The van der Waals surface area contributed by atoms with Crippen molar-refractivity contribution in [1.82, 2.24) is 0 Å². The molecule has 0 unspecified atom stereocenters. The fraction of sp³-hybridized carbons (Fsp3) is 0.167. The van der Waals surface area contributed by atoms with Gasteiger partial charge in [0.15, 0.2) is 0 Å². The van der Waals surface area contributed by atoms with E-state index in [1.807, 2.05) is 0 Å². The lowest BCUT2D eigenvalue weighted by atomic mass is 9.88. The molecule has 0 saturated carbocycles. The van der Waals surface area contributed by atoms with E-state index in [9.17, 15) is 0 Å². The highest BCUT2D eigenvalue weighted by molar-refractivity contribution is 5.74. The van der Waals surface area contributed by atoms with E-state index in [0.717, 1.165) is 63.8 Å². The van der Waals surface area contributed by atoms with E-state index in [1.165, 1.54) is 66.9 Å². The molecule has 0 atom stereocenters. The summed E-state index contributed by atoms with van der Waals surface area (Å²) < 4.78 is 0. The van der Waals surface area contributed by atoms with Gasteiger partial charge >= 0.3 is 0 Å². The van der Waals surface area contributed by atoms with Crippen LogP contribution in [0, 0.1) is 0 Å². The highest BCUT2D eigenvalue weighted by Crippen LogP contribution is 2.48. The molecule has 0 aromatic rings. The zero-order valence-corrected chi connectivity index (χ0v) is 27.8. The molecular formula is C48H32. The van der Waals surface area contributed by atoms with Gasteiger partial charge in [-0.3, -0.25) is 0 Å². The summed E-state index contributed by atoms with van der Waals surface area (Å²) in [6.45, 7) is 8.54. The SMILES string of the molecule is CC1=CC=C2C3=C=C([12CH2]C4=C=C([12CH2]C5=C=C([12CH2]C6=C=C([12CH2]3)C3=C=CC(C)=CC=C63)C3=CC=C(C)C=C=C53)C3=CC=C(C)C=C=C43)C2=C=C1. The summed E-state index contributed by atoms with van der Waals surface area (Å²) in [6.07, 6.45) is 29.1. The first-order valence-electron chi connectivity index (χ1n) is 16.8. The number of hydrogen-bond acceptors (Lipinski definition) is 0. The Kier molecular flexibility index (Phi) is 6.39. The van der Waals surface area contributed by atoms with Gasteiger partial charge in [0, 0.05) is 115 Å². The molecule has 0 saturated heterocycles. The van der Waals surface area contributed by atoms with Crippen LogP contribution in [0.1, 0.15) is 53.4 Å². The van der Waals surface area contributed by atoms with Crippen molar-refractivity contribution < 1.29 is 0 Å². The second kappa shape index (κ2) is 10.8. The van der Waals surface area contributed by atoms with Crippen LogP contribution in [0.3, 0.4) is 0 Å². The predicted molar refractivity (Wildman–Crippen MR) is 194 cm³/mol. The maximum Gasteiger partial charge on any atom is 0.0359 e. The highest BCUT2D eigenvalue weighted by atomic mass is 14.3. The third kappa shape index (κ3) is 4.70. The van der Waals surface area contributed by atoms with E-state index in [1.54, 1.807) is 0 Å². The van der Waals surface area contributed by atoms with Crippen molar-refractivity contribution >= 4 is 0 Å².